The fourth-order valence-corrected chi connectivity index (χ4v) is 2.73. The number of sulfonamides is 1. The van der Waals surface area contributed by atoms with Gasteiger partial charge in [-0.05, 0) is 38.1 Å². The molecule has 0 aliphatic carbocycles. The van der Waals surface area contributed by atoms with Gasteiger partial charge in [-0.1, -0.05) is 12.1 Å². The second kappa shape index (κ2) is 7.47. The van der Waals surface area contributed by atoms with E-state index in [0.717, 1.165) is 11.3 Å². The number of hydrogen-bond acceptors (Lipinski definition) is 4. The van der Waals surface area contributed by atoms with E-state index in [-0.39, 0.29) is 0 Å². The molecule has 1 aromatic carbocycles. The maximum absolute atomic E-state index is 11.8. The van der Waals surface area contributed by atoms with Gasteiger partial charge in [0.15, 0.2) is 0 Å². The fraction of sp³-hybridized carbons (Fsp3) is 0.538. The molecule has 0 spiro atoms. The minimum absolute atomic E-state index is 0.405. The third-order valence-corrected chi connectivity index (χ3v) is 4.73. The summed E-state index contributed by atoms with van der Waals surface area (Å²) in [4.78, 5) is 0. The molecular weight excluding hydrogens is 264 g/mol. The predicted molar refractivity (Wildman–Crippen MR) is 77.0 cm³/mol. The molecule has 0 aromatic heterocycles. The van der Waals surface area contributed by atoms with Crippen molar-refractivity contribution in [3.05, 3.63) is 29.8 Å². The zero-order valence-corrected chi connectivity index (χ0v) is 12.5. The third-order valence-electron chi connectivity index (χ3n) is 2.90. The van der Waals surface area contributed by atoms with Gasteiger partial charge in [-0.25, -0.2) is 13.1 Å². The van der Waals surface area contributed by atoms with Gasteiger partial charge in [-0.15, -0.1) is 0 Å². The molecule has 6 heteroatoms. The molecule has 0 aliphatic rings. The van der Waals surface area contributed by atoms with E-state index < -0.39 is 15.3 Å². The normalized spacial score (nSPS) is 13.2. The Balaban J connectivity index is 2.44. The van der Waals surface area contributed by atoms with Gasteiger partial charge in [-0.2, -0.15) is 0 Å². The molecule has 0 saturated heterocycles. The Morgan fingerprint density at radius 2 is 1.89 bits per heavy atom. The van der Waals surface area contributed by atoms with Crippen LogP contribution in [0.2, 0.25) is 0 Å². The second-order valence-electron chi connectivity index (χ2n) is 4.41. The first-order chi connectivity index (χ1) is 8.99. The number of nitrogens with one attached hydrogen (secondary N) is 2. The van der Waals surface area contributed by atoms with Crippen molar-refractivity contribution in [1.29, 1.82) is 0 Å². The molecule has 0 saturated carbocycles. The Kier molecular flexibility index (Phi) is 6.27. The molecule has 1 atom stereocenters. The van der Waals surface area contributed by atoms with E-state index >= 15 is 0 Å². The monoisotopic (exact) mass is 286 g/mol. The van der Waals surface area contributed by atoms with Gasteiger partial charge in [0.25, 0.3) is 0 Å². The lowest BCUT2D eigenvalue weighted by atomic mass is 10.1. The van der Waals surface area contributed by atoms with E-state index in [9.17, 15) is 8.42 Å². The first-order valence-corrected chi connectivity index (χ1v) is 7.80. The van der Waals surface area contributed by atoms with Crippen LogP contribution in [0.3, 0.4) is 0 Å². The van der Waals surface area contributed by atoms with Crippen molar-refractivity contribution >= 4 is 10.0 Å². The average Bonchev–Trinajstić information content (AvgIpc) is 2.39. The van der Waals surface area contributed by atoms with Gasteiger partial charge in [0.1, 0.15) is 5.75 Å². The molecule has 0 amide bonds. The largest absolute Gasteiger partial charge is 0.497 e. The van der Waals surface area contributed by atoms with Crippen LogP contribution in [0.5, 0.6) is 5.75 Å². The standard InChI is InChI=1S/C13H22N2O3S/c1-11(10-14-2)19(16,17)15-9-8-12-4-6-13(18-3)7-5-12/h4-7,11,14-15H,8-10H2,1-3H3. The zero-order chi connectivity index (χ0) is 14.3. The molecule has 1 aromatic rings. The van der Waals surface area contributed by atoms with Crippen molar-refractivity contribution in [2.75, 3.05) is 27.2 Å². The summed E-state index contributed by atoms with van der Waals surface area (Å²) in [5.74, 6) is 0.798. The summed E-state index contributed by atoms with van der Waals surface area (Å²) in [6.45, 7) is 2.53. The van der Waals surface area contributed by atoms with Crippen LogP contribution in [-0.4, -0.2) is 40.9 Å². The molecule has 0 fully saturated rings. The van der Waals surface area contributed by atoms with Crippen molar-refractivity contribution in [1.82, 2.24) is 10.0 Å². The van der Waals surface area contributed by atoms with Crippen molar-refractivity contribution in [2.24, 2.45) is 0 Å². The summed E-state index contributed by atoms with van der Waals surface area (Å²) in [7, 11) is 0.114. The molecule has 1 rings (SSSR count). The zero-order valence-electron chi connectivity index (χ0n) is 11.6. The Labute approximate surface area is 115 Å². The molecule has 0 heterocycles. The van der Waals surface area contributed by atoms with E-state index in [1.807, 2.05) is 24.3 Å². The topological polar surface area (TPSA) is 67.4 Å². The van der Waals surface area contributed by atoms with Crippen molar-refractivity contribution < 1.29 is 13.2 Å². The Bertz CT molecular complexity index is 471. The van der Waals surface area contributed by atoms with Gasteiger partial charge in [0.2, 0.25) is 10.0 Å². The summed E-state index contributed by atoms with van der Waals surface area (Å²) >= 11 is 0. The summed E-state index contributed by atoms with van der Waals surface area (Å²) in [6.07, 6.45) is 0.662. The van der Waals surface area contributed by atoms with Crippen LogP contribution in [0, 0.1) is 0 Å². The highest BCUT2D eigenvalue weighted by Crippen LogP contribution is 2.11. The third kappa shape index (κ3) is 5.18. The van der Waals surface area contributed by atoms with Gasteiger partial charge >= 0.3 is 0 Å². The lowest BCUT2D eigenvalue weighted by molar-refractivity contribution is 0.414. The Hall–Kier alpha value is -1.11. The van der Waals surface area contributed by atoms with E-state index in [1.165, 1.54) is 0 Å². The maximum Gasteiger partial charge on any atom is 0.215 e. The number of ether oxygens (including phenoxy) is 1. The molecule has 19 heavy (non-hydrogen) atoms. The lowest BCUT2D eigenvalue weighted by Gasteiger charge is -2.13. The highest BCUT2D eigenvalue weighted by molar-refractivity contribution is 7.90. The second-order valence-corrected chi connectivity index (χ2v) is 6.59. The number of methoxy groups -OCH3 is 1. The number of hydrogen-bond donors (Lipinski definition) is 2. The summed E-state index contributed by atoms with van der Waals surface area (Å²) < 4.78 is 31.4. The minimum Gasteiger partial charge on any atom is -0.497 e. The highest BCUT2D eigenvalue weighted by atomic mass is 32.2. The Morgan fingerprint density at radius 3 is 2.42 bits per heavy atom. The van der Waals surface area contributed by atoms with Gasteiger partial charge in [0.05, 0.1) is 12.4 Å². The van der Waals surface area contributed by atoms with Crippen molar-refractivity contribution in [3.8, 4) is 5.75 Å². The molecule has 1 unspecified atom stereocenters. The summed E-state index contributed by atoms with van der Waals surface area (Å²) in [6, 6.07) is 7.61. The van der Waals surface area contributed by atoms with E-state index in [1.54, 1.807) is 21.1 Å². The molecule has 108 valence electrons. The Morgan fingerprint density at radius 1 is 1.26 bits per heavy atom. The highest BCUT2D eigenvalue weighted by Gasteiger charge is 2.18. The quantitative estimate of drug-likeness (QED) is 0.740. The predicted octanol–water partition coefficient (Wildman–Crippen LogP) is 0.765. The van der Waals surface area contributed by atoms with Crippen LogP contribution in [-0.2, 0) is 16.4 Å². The van der Waals surface area contributed by atoms with Crippen LogP contribution < -0.4 is 14.8 Å². The van der Waals surface area contributed by atoms with Crippen LogP contribution >= 0.6 is 0 Å². The van der Waals surface area contributed by atoms with E-state index in [2.05, 4.69) is 10.0 Å². The first kappa shape index (κ1) is 15.9. The number of rotatable bonds is 8. The van der Waals surface area contributed by atoms with E-state index in [0.29, 0.717) is 19.5 Å². The molecule has 0 aliphatic heterocycles. The van der Waals surface area contributed by atoms with Crippen LogP contribution in [0.4, 0.5) is 0 Å². The molecular formula is C13H22N2O3S. The molecule has 0 bridgehead atoms. The lowest BCUT2D eigenvalue weighted by Crippen LogP contribution is -2.38. The van der Waals surface area contributed by atoms with E-state index in [4.69, 9.17) is 4.74 Å². The minimum atomic E-state index is -3.24. The van der Waals surface area contributed by atoms with Gasteiger partial charge < -0.3 is 10.1 Å². The smallest absolute Gasteiger partial charge is 0.215 e. The van der Waals surface area contributed by atoms with Crippen molar-refractivity contribution in [2.45, 2.75) is 18.6 Å². The van der Waals surface area contributed by atoms with Gasteiger partial charge in [-0.3, -0.25) is 0 Å². The maximum atomic E-state index is 11.8. The first-order valence-electron chi connectivity index (χ1n) is 6.25. The summed E-state index contributed by atoms with van der Waals surface area (Å²) in [5, 5.41) is 2.42. The average molecular weight is 286 g/mol. The van der Waals surface area contributed by atoms with Crippen LogP contribution in [0.25, 0.3) is 0 Å². The fourth-order valence-electron chi connectivity index (χ4n) is 1.67. The van der Waals surface area contributed by atoms with Crippen LogP contribution in [0.1, 0.15) is 12.5 Å². The SMILES string of the molecule is CNCC(C)S(=O)(=O)NCCc1ccc(OC)cc1. The molecule has 2 N–H and O–H groups in total. The van der Waals surface area contributed by atoms with Crippen molar-refractivity contribution in [3.63, 3.8) is 0 Å². The van der Waals surface area contributed by atoms with Crippen LogP contribution in [0.15, 0.2) is 24.3 Å². The molecule has 0 radical (unpaired) electrons. The number of benzene rings is 1. The molecule has 5 nitrogen and oxygen atoms in total. The van der Waals surface area contributed by atoms with Gasteiger partial charge in [0, 0.05) is 13.1 Å². The summed E-state index contributed by atoms with van der Waals surface area (Å²) in [5.41, 5.74) is 1.07.